The van der Waals surface area contributed by atoms with Crippen molar-refractivity contribution in [1.29, 1.82) is 0 Å². The fourth-order valence-electron chi connectivity index (χ4n) is 4.09. The molecule has 0 saturated heterocycles. The highest BCUT2D eigenvalue weighted by atomic mass is 14.1. The number of rotatable bonds is 4. The van der Waals surface area contributed by atoms with Crippen LogP contribution in [0.5, 0.6) is 0 Å². The Morgan fingerprint density at radius 2 is 0.613 bits per heavy atom. The van der Waals surface area contributed by atoms with Gasteiger partial charge >= 0.3 is 0 Å². The molecule has 0 nitrogen and oxygen atoms in total. The van der Waals surface area contributed by atoms with Crippen LogP contribution < -0.4 is 0 Å². The molecule has 0 heterocycles. The zero-order valence-electron chi connectivity index (χ0n) is 17.6. The topological polar surface area (TPSA) is 0 Å². The zero-order valence-corrected chi connectivity index (χ0v) is 17.6. The molecule has 0 fully saturated rings. The highest BCUT2D eigenvalue weighted by Gasteiger charge is 2.06. The standard InChI is InChI=1S/C31H24/c1-23-9-5-12-25(19-23)27-14-7-16-29(21-27)31-18-8-17-30(22-31)28-15-6-13-26(20-28)24-10-3-2-4-11-24/h2-22H,1H3. The molecule has 5 aromatic rings. The van der Waals surface area contributed by atoms with E-state index in [0.29, 0.717) is 0 Å². The maximum atomic E-state index is 2.29. The molecule has 0 spiro atoms. The SMILES string of the molecule is Cc1cccc(-c2cccc(-c3cccc(-c4cccc(-c5ccccc5)c4)c3)c2)c1. The van der Waals surface area contributed by atoms with Crippen molar-refractivity contribution in [1.82, 2.24) is 0 Å². The van der Waals surface area contributed by atoms with E-state index in [1.54, 1.807) is 0 Å². The van der Waals surface area contributed by atoms with Gasteiger partial charge in [-0.1, -0.05) is 115 Å². The first-order valence-corrected chi connectivity index (χ1v) is 10.7. The largest absolute Gasteiger partial charge is 0.0622 e. The number of hydrogen-bond acceptors (Lipinski definition) is 0. The van der Waals surface area contributed by atoms with Gasteiger partial charge < -0.3 is 0 Å². The van der Waals surface area contributed by atoms with E-state index in [1.807, 2.05) is 0 Å². The fourth-order valence-corrected chi connectivity index (χ4v) is 4.09. The Kier molecular flexibility index (Phi) is 5.21. The minimum absolute atomic E-state index is 1.23. The first-order valence-electron chi connectivity index (χ1n) is 10.7. The highest BCUT2D eigenvalue weighted by molar-refractivity contribution is 5.79. The van der Waals surface area contributed by atoms with Crippen molar-refractivity contribution in [3.8, 4) is 44.5 Å². The maximum absolute atomic E-state index is 2.29. The Bertz CT molecular complexity index is 1330. The molecule has 5 rings (SSSR count). The molecule has 0 aliphatic heterocycles. The van der Waals surface area contributed by atoms with Crippen LogP contribution >= 0.6 is 0 Å². The quantitative estimate of drug-likeness (QED) is 0.285. The number of benzene rings is 5. The van der Waals surface area contributed by atoms with Crippen molar-refractivity contribution in [2.45, 2.75) is 6.92 Å². The van der Waals surface area contributed by atoms with E-state index >= 15 is 0 Å². The molecule has 0 saturated carbocycles. The molecule has 0 heteroatoms. The number of aryl methyl sites for hydroxylation is 1. The van der Waals surface area contributed by atoms with Crippen LogP contribution in [0.4, 0.5) is 0 Å². The second-order valence-corrected chi connectivity index (χ2v) is 7.98. The third-order valence-electron chi connectivity index (χ3n) is 5.71. The van der Waals surface area contributed by atoms with Gasteiger partial charge in [0, 0.05) is 0 Å². The van der Waals surface area contributed by atoms with E-state index in [9.17, 15) is 0 Å². The summed E-state index contributed by atoms with van der Waals surface area (Å²) in [5.74, 6) is 0. The Hall–Kier alpha value is -3.90. The van der Waals surface area contributed by atoms with Crippen LogP contribution in [-0.4, -0.2) is 0 Å². The molecular weight excluding hydrogens is 372 g/mol. The molecule has 0 aliphatic rings. The molecular formula is C31H24. The van der Waals surface area contributed by atoms with Gasteiger partial charge in [-0.15, -0.1) is 0 Å². The highest BCUT2D eigenvalue weighted by Crippen LogP contribution is 2.31. The lowest BCUT2D eigenvalue weighted by Crippen LogP contribution is -1.85. The van der Waals surface area contributed by atoms with Crippen LogP contribution in [0.15, 0.2) is 127 Å². The molecule has 0 unspecified atom stereocenters. The summed E-state index contributed by atoms with van der Waals surface area (Å²) < 4.78 is 0. The van der Waals surface area contributed by atoms with E-state index < -0.39 is 0 Å². The molecule has 31 heavy (non-hydrogen) atoms. The van der Waals surface area contributed by atoms with Gasteiger partial charge in [-0.05, 0) is 69.6 Å². The summed E-state index contributed by atoms with van der Waals surface area (Å²) in [5.41, 5.74) is 11.2. The van der Waals surface area contributed by atoms with Crippen LogP contribution in [0.1, 0.15) is 5.56 Å². The zero-order chi connectivity index (χ0) is 21.0. The summed E-state index contributed by atoms with van der Waals surface area (Å²) in [7, 11) is 0. The summed E-state index contributed by atoms with van der Waals surface area (Å²) in [6.07, 6.45) is 0. The van der Waals surface area contributed by atoms with Crippen LogP contribution in [0.3, 0.4) is 0 Å². The van der Waals surface area contributed by atoms with Crippen LogP contribution in [0, 0.1) is 6.92 Å². The lowest BCUT2D eigenvalue weighted by atomic mass is 9.94. The molecule has 0 radical (unpaired) electrons. The average molecular weight is 397 g/mol. The minimum atomic E-state index is 1.23. The van der Waals surface area contributed by atoms with Crippen LogP contribution in [0.25, 0.3) is 44.5 Å². The maximum Gasteiger partial charge on any atom is -0.0178 e. The monoisotopic (exact) mass is 396 g/mol. The van der Waals surface area contributed by atoms with E-state index in [0.717, 1.165) is 0 Å². The Morgan fingerprint density at radius 1 is 0.290 bits per heavy atom. The lowest BCUT2D eigenvalue weighted by molar-refractivity contribution is 1.47. The number of hydrogen-bond donors (Lipinski definition) is 0. The molecule has 0 N–H and O–H groups in total. The first-order chi connectivity index (χ1) is 15.3. The molecule has 0 amide bonds. The summed E-state index contributed by atoms with van der Waals surface area (Å²) in [5, 5.41) is 0. The van der Waals surface area contributed by atoms with Crippen molar-refractivity contribution in [2.24, 2.45) is 0 Å². The van der Waals surface area contributed by atoms with E-state index in [-0.39, 0.29) is 0 Å². The molecule has 148 valence electrons. The predicted molar refractivity (Wildman–Crippen MR) is 133 cm³/mol. The summed E-state index contributed by atoms with van der Waals surface area (Å²) >= 11 is 0. The second-order valence-electron chi connectivity index (χ2n) is 7.98. The summed E-state index contributed by atoms with van der Waals surface area (Å²) in [6, 6.07) is 45.7. The van der Waals surface area contributed by atoms with E-state index in [1.165, 1.54) is 50.1 Å². The van der Waals surface area contributed by atoms with Crippen molar-refractivity contribution in [3.05, 3.63) is 133 Å². The minimum Gasteiger partial charge on any atom is -0.0622 e. The van der Waals surface area contributed by atoms with Gasteiger partial charge in [0.1, 0.15) is 0 Å². The van der Waals surface area contributed by atoms with Gasteiger partial charge in [0.25, 0.3) is 0 Å². The van der Waals surface area contributed by atoms with E-state index in [4.69, 9.17) is 0 Å². The van der Waals surface area contributed by atoms with Crippen molar-refractivity contribution >= 4 is 0 Å². The third-order valence-corrected chi connectivity index (χ3v) is 5.71. The summed E-state index contributed by atoms with van der Waals surface area (Å²) in [6.45, 7) is 2.14. The van der Waals surface area contributed by atoms with Crippen molar-refractivity contribution in [3.63, 3.8) is 0 Å². The lowest BCUT2D eigenvalue weighted by Gasteiger charge is -2.10. The molecule has 5 aromatic carbocycles. The van der Waals surface area contributed by atoms with Gasteiger partial charge in [0.15, 0.2) is 0 Å². The Labute approximate surface area is 184 Å². The Balaban J connectivity index is 1.51. The third kappa shape index (κ3) is 4.20. The van der Waals surface area contributed by atoms with Crippen LogP contribution in [0.2, 0.25) is 0 Å². The van der Waals surface area contributed by atoms with Gasteiger partial charge in [-0.3, -0.25) is 0 Å². The van der Waals surface area contributed by atoms with E-state index in [2.05, 4.69) is 134 Å². The fraction of sp³-hybridized carbons (Fsp3) is 0.0323. The normalized spacial score (nSPS) is 10.7. The smallest absolute Gasteiger partial charge is 0.0178 e. The van der Waals surface area contributed by atoms with Crippen LogP contribution in [-0.2, 0) is 0 Å². The summed E-state index contributed by atoms with van der Waals surface area (Å²) in [4.78, 5) is 0. The van der Waals surface area contributed by atoms with Gasteiger partial charge in [0.2, 0.25) is 0 Å². The van der Waals surface area contributed by atoms with Gasteiger partial charge in [-0.2, -0.15) is 0 Å². The predicted octanol–water partition coefficient (Wildman–Crippen LogP) is 8.66. The molecule has 0 aliphatic carbocycles. The molecule has 0 atom stereocenters. The molecule has 0 aromatic heterocycles. The average Bonchev–Trinajstić information content (AvgIpc) is 2.85. The van der Waals surface area contributed by atoms with Crippen molar-refractivity contribution in [2.75, 3.05) is 0 Å². The first kappa shape index (κ1) is 19.1. The van der Waals surface area contributed by atoms with Gasteiger partial charge in [-0.25, -0.2) is 0 Å². The van der Waals surface area contributed by atoms with Crippen molar-refractivity contribution < 1.29 is 0 Å². The van der Waals surface area contributed by atoms with Gasteiger partial charge in [0.05, 0.1) is 0 Å². The second kappa shape index (κ2) is 8.45. The Morgan fingerprint density at radius 3 is 1.03 bits per heavy atom. The molecule has 0 bridgehead atoms.